The molecule has 1 atom stereocenters. The topological polar surface area (TPSA) is 23.5 Å². The molecule has 12 heavy (non-hydrogen) atoms. The summed E-state index contributed by atoms with van der Waals surface area (Å²) in [6, 6.07) is 0. The van der Waals surface area contributed by atoms with Crippen molar-refractivity contribution in [3.8, 4) is 0 Å². The number of aliphatic hydroxyl groups is 1. The van der Waals surface area contributed by atoms with E-state index in [2.05, 4.69) is 4.90 Å². The summed E-state index contributed by atoms with van der Waals surface area (Å²) in [6.45, 7) is 1.90. The zero-order valence-corrected chi connectivity index (χ0v) is 7.09. The van der Waals surface area contributed by atoms with Gasteiger partial charge in [0.15, 0.2) is 0 Å². The highest BCUT2D eigenvalue weighted by Gasteiger charge is 2.45. The molecule has 68 valence electrons. The Morgan fingerprint density at radius 1 is 1.67 bits per heavy atom. The molecular weight excluding hydrogens is 157 g/mol. The fourth-order valence-electron chi connectivity index (χ4n) is 2.47. The third kappa shape index (κ3) is 1.00. The third-order valence-corrected chi connectivity index (χ3v) is 3.14. The van der Waals surface area contributed by atoms with Crippen LogP contribution in [-0.4, -0.2) is 35.2 Å². The van der Waals surface area contributed by atoms with E-state index < -0.39 is 0 Å². The van der Waals surface area contributed by atoms with E-state index in [0.717, 1.165) is 37.9 Å². The average Bonchev–Trinajstić information content (AvgIpc) is 2.58. The summed E-state index contributed by atoms with van der Waals surface area (Å²) < 4.78 is 12.2. The van der Waals surface area contributed by atoms with Gasteiger partial charge in [0.1, 0.15) is 0 Å². The molecule has 0 bridgehead atoms. The van der Waals surface area contributed by atoms with Crippen LogP contribution >= 0.6 is 0 Å². The van der Waals surface area contributed by atoms with Gasteiger partial charge in [-0.15, -0.1) is 0 Å². The van der Waals surface area contributed by atoms with Crippen molar-refractivity contribution in [2.75, 3.05) is 19.7 Å². The van der Waals surface area contributed by atoms with E-state index in [1.807, 2.05) is 0 Å². The Labute approximate surface area is 71.7 Å². The van der Waals surface area contributed by atoms with E-state index in [0.29, 0.717) is 6.33 Å². The second-order valence-corrected chi connectivity index (χ2v) is 3.85. The Bertz CT molecular complexity index is 217. The second-order valence-electron chi connectivity index (χ2n) is 3.85. The number of halogens is 1. The van der Waals surface area contributed by atoms with Gasteiger partial charge in [0, 0.05) is 12.1 Å². The minimum atomic E-state index is -0.0993. The Morgan fingerprint density at radius 2 is 2.50 bits per heavy atom. The van der Waals surface area contributed by atoms with Gasteiger partial charge >= 0.3 is 0 Å². The maximum atomic E-state index is 12.2. The Hall–Kier alpha value is -0.410. The zero-order chi connectivity index (χ0) is 8.60. The highest BCUT2D eigenvalue weighted by molar-refractivity contribution is 5.18. The van der Waals surface area contributed by atoms with Crippen LogP contribution in [0.1, 0.15) is 19.3 Å². The van der Waals surface area contributed by atoms with E-state index in [9.17, 15) is 9.50 Å². The molecule has 3 heteroatoms. The van der Waals surface area contributed by atoms with Gasteiger partial charge in [0.05, 0.1) is 12.9 Å². The Balaban J connectivity index is 2.20. The zero-order valence-electron chi connectivity index (χ0n) is 7.09. The number of rotatable bonds is 1. The lowest BCUT2D eigenvalue weighted by Gasteiger charge is -2.28. The number of aliphatic hydroxyl groups excluding tert-OH is 1. The van der Waals surface area contributed by atoms with Crippen LogP contribution in [0.3, 0.4) is 0 Å². The molecule has 0 aromatic carbocycles. The maximum absolute atomic E-state index is 12.2. The van der Waals surface area contributed by atoms with Crippen molar-refractivity contribution in [2.45, 2.75) is 24.8 Å². The molecule has 1 N–H and O–H groups in total. The normalized spacial score (nSPS) is 39.3. The monoisotopic (exact) mass is 171 g/mol. The van der Waals surface area contributed by atoms with Crippen LogP contribution in [0, 0.1) is 0 Å². The van der Waals surface area contributed by atoms with Crippen molar-refractivity contribution in [3.63, 3.8) is 0 Å². The highest BCUT2D eigenvalue weighted by Crippen LogP contribution is 2.40. The van der Waals surface area contributed by atoms with Crippen molar-refractivity contribution in [1.29, 1.82) is 0 Å². The van der Waals surface area contributed by atoms with Gasteiger partial charge in [-0.05, 0) is 31.4 Å². The molecule has 0 aliphatic carbocycles. The summed E-state index contributed by atoms with van der Waals surface area (Å²) in [5.74, 6) is 0. The van der Waals surface area contributed by atoms with Crippen molar-refractivity contribution < 1.29 is 9.50 Å². The molecular formula is C9H14FNO. The lowest BCUT2D eigenvalue weighted by Crippen LogP contribution is -2.41. The summed E-state index contributed by atoms with van der Waals surface area (Å²) in [6.07, 6.45) is 3.58. The lowest BCUT2D eigenvalue weighted by atomic mass is 9.94. The quantitative estimate of drug-likeness (QED) is 0.638. The van der Waals surface area contributed by atoms with Gasteiger partial charge in [-0.1, -0.05) is 0 Å². The van der Waals surface area contributed by atoms with Gasteiger partial charge in [0.2, 0.25) is 0 Å². The first-order valence-electron chi connectivity index (χ1n) is 4.45. The predicted octanol–water partition coefficient (Wildman–Crippen LogP) is 1.07. The molecule has 0 aromatic heterocycles. The minimum Gasteiger partial charge on any atom is -0.394 e. The van der Waals surface area contributed by atoms with E-state index >= 15 is 0 Å². The van der Waals surface area contributed by atoms with Crippen molar-refractivity contribution in [3.05, 3.63) is 11.9 Å². The van der Waals surface area contributed by atoms with E-state index in [1.54, 1.807) is 0 Å². The average molecular weight is 171 g/mol. The van der Waals surface area contributed by atoms with Crippen molar-refractivity contribution in [2.24, 2.45) is 0 Å². The van der Waals surface area contributed by atoms with E-state index in [-0.39, 0.29) is 12.1 Å². The third-order valence-electron chi connectivity index (χ3n) is 3.14. The van der Waals surface area contributed by atoms with Gasteiger partial charge in [-0.2, -0.15) is 0 Å². The van der Waals surface area contributed by atoms with Crippen LogP contribution in [0.15, 0.2) is 11.9 Å². The van der Waals surface area contributed by atoms with Gasteiger partial charge < -0.3 is 5.11 Å². The Kier molecular flexibility index (Phi) is 1.93. The summed E-state index contributed by atoms with van der Waals surface area (Å²) in [4.78, 5) is 2.21. The van der Waals surface area contributed by atoms with Crippen LogP contribution in [0.2, 0.25) is 0 Å². The first-order chi connectivity index (χ1) is 5.80. The molecule has 2 saturated heterocycles. The molecule has 2 aliphatic rings. The highest BCUT2D eigenvalue weighted by atomic mass is 19.1. The molecule has 2 nitrogen and oxygen atoms in total. The lowest BCUT2D eigenvalue weighted by molar-refractivity contribution is 0.1000. The van der Waals surface area contributed by atoms with Crippen LogP contribution in [-0.2, 0) is 0 Å². The molecule has 0 aromatic rings. The van der Waals surface area contributed by atoms with Gasteiger partial charge in [0.25, 0.3) is 0 Å². The SMILES string of the molecule is OC[C@]12CCCN1CC(=CF)C2. The smallest absolute Gasteiger partial charge is 0.0872 e. The summed E-state index contributed by atoms with van der Waals surface area (Å²) in [7, 11) is 0. The number of fused-ring (bicyclic) bond motifs is 1. The molecule has 0 spiro atoms. The number of hydrogen-bond donors (Lipinski definition) is 1. The molecule has 2 aliphatic heterocycles. The molecule has 2 rings (SSSR count). The van der Waals surface area contributed by atoms with Crippen LogP contribution < -0.4 is 0 Å². The molecule has 0 amide bonds. The number of hydrogen-bond acceptors (Lipinski definition) is 2. The molecule has 2 fully saturated rings. The predicted molar refractivity (Wildman–Crippen MR) is 44.4 cm³/mol. The molecule has 0 saturated carbocycles. The molecule has 0 radical (unpaired) electrons. The first kappa shape index (κ1) is 8.20. The molecule has 0 unspecified atom stereocenters. The van der Waals surface area contributed by atoms with Crippen LogP contribution in [0.25, 0.3) is 0 Å². The van der Waals surface area contributed by atoms with Crippen LogP contribution in [0.5, 0.6) is 0 Å². The summed E-state index contributed by atoms with van der Waals surface area (Å²) >= 11 is 0. The summed E-state index contributed by atoms with van der Waals surface area (Å²) in [5.41, 5.74) is 0.738. The first-order valence-corrected chi connectivity index (χ1v) is 4.45. The maximum Gasteiger partial charge on any atom is 0.0872 e. The standard InChI is InChI=1S/C9H14FNO/c10-5-8-4-9(7-12)2-1-3-11(9)6-8/h5,12H,1-4,6-7H2/t9-/m1/s1. The fraction of sp³-hybridized carbons (Fsp3) is 0.778. The fourth-order valence-corrected chi connectivity index (χ4v) is 2.47. The second kappa shape index (κ2) is 2.82. The Morgan fingerprint density at radius 3 is 3.08 bits per heavy atom. The van der Waals surface area contributed by atoms with E-state index in [1.165, 1.54) is 0 Å². The van der Waals surface area contributed by atoms with Gasteiger partial charge in [-0.3, -0.25) is 4.90 Å². The minimum absolute atomic E-state index is 0.0993. The van der Waals surface area contributed by atoms with Crippen molar-refractivity contribution >= 4 is 0 Å². The molecule has 2 heterocycles. The van der Waals surface area contributed by atoms with E-state index in [4.69, 9.17) is 0 Å². The number of nitrogens with zero attached hydrogens (tertiary/aromatic N) is 1. The largest absolute Gasteiger partial charge is 0.394 e. The summed E-state index contributed by atoms with van der Waals surface area (Å²) in [5, 5.41) is 9.25. The van der Waals surface area contributed by atoms with Crippen LogP contribution in [0.4, 0.5) is 4.39 Å². The van der Waals surface area contributed by atoms with Crippen molar-refractivity contribution in [1.82, 2.24) is 4.90 Å². The van der Waals surface area contributed by atoms with Gasteiger partial charge in [-0.25, -0.2) is 4.39 Å².